The molecule has 0 unspecified atom stereocenters. The number of esters is 1. The first-order chi connectivity index (χ1) is 7.13. The monoisotopic (exact) mass is 223 g/mol. The zero-order chi connectivity index (χ0) is 11.3. The summed E-state index contributed by atoms with van der Waals surface area (Å²) in [4.78, 5) is 14.9. The average Bonchev–Trinajstić information content (AvgIpc) is 2.20. The first-order valence-electron chi connectivity index (χ1n) is 4.44. The number of carbonyl (C=O) groups is 1. The van der Waals surface area contributed by atoms with Crippen LogP contribution >= 0.6 is 11.6 Å². The number of hydrogen-bond acceptors (Lipinski definition) is 3. The number of ether oxygens (including phenoxy) is 1. The van der Waals surface area contributed by atoms with Crippen molar-refractivity contribution >= 4 is 17.6 Å². The third-order valence-corrected chi connectivity index (χ3v) is 1.85. The van der Waals surface area contributed by atoms with Crippen molar-refractivity contribution in [3.05, 3.63) is 28.5 Å². The van der Waals surface area contributed by atoms with Gasteiger partial charge in [0.25, 0.3) is 0 Å². The van der Waals surface area contributed by atoms with Gasteiger partial charge in [0.05, 0.1) is 12.2 Å². The molecule has 1 heterocycles. The molecule has 0 aliphatic heterocycles. The fourth-order valence-electron chi connectivity index (χ4n) is 0.926. The number of rotatable bonds is 1. The van der Waals surface area contributed by atoms with Crippen LogP contribution in [-0.2, 0) is 9.53 Å². The molecule has 1 aromatic rings. The van der Waals surface area contributed by atoms with Crippen molar-refractivity contribution in [2.24, 2.45) is 0 Å². The molecule has 0 atom stereocenters. The highest BCUT2D eigenvalue weighted by molar-refractivity contribution is 6.30. The van der Waals surface area contributed by atoms with Gasteiger partial charge in [-0.15, -0.1) is 0 Å². The van der Waals surface area contributed by atoms with Crippen LogP contribution in [0.3, 0.4) is 0 Å². The maximum atomic E-state index is 11.0. The summed E-state index contributed by atoms with van der Waals surface area (Å²) < 4.78 is 4.66. The lowest BCUT2D eigenvalue weighted by atomic mass is 10.2. The SMILES string of the molecule is CCOC(=O)C#Cc1cc(C)cnc1Cl. The van der Waals surface area contributed by atoms with Gasteiger partial charge < -0.3 is 4.74 Å². The standard InChI is InChI=1S/C11H10ClNO2/c1-3-15-10(14)5-4-9-6-8(2)7-13-11(9)12/h6-7H,3H2,1-2H3. The number of aryl methyl sites for hydroxylation is 1. The molecule has 3 nitrogen and oxygen atoms in total. The predicted molar refractivity (Wildman–Crippen MR) is 57.5 cm³/mol. The van der Waals surface area contributed by atoms with E-state index in [-0.39, 0.29) is 5.15 Å². The molecule has 1 aromatic heterocycles. The van der Waals surface area contributed by atoms with Gasteiger partial charge in [-0.3, -0.25) is 0 Å². The Morgan fingerprint density at radius 3 is 3.07 bits per heavy atom. The third-order valence-electron chi connectivity index (χ3n) is 1.55. The average molecular weight is 224 g/mol. The van der Waals surface area contributed by atoms with E-state index in [1.54, 1.807) is 19.2 Å². The van der Waals surface area contributed by atoms with E-state index in [0.717, 1.165) is 5.56 Å². The minimum atomic E-state index is -0.560. The summed E-state index contributed by atoms with van der Waals surface area (Å²) in [6, 6.07) is 1.77. The summed E-state index contributed by atoms with van der Waals surface area (Å²) in [5.74, 6) is 4.39. The van der Waals surface area contributed by atoms with Gasteiger partial charge in [0.15, 0.2) is 0 Å². The van der Waals surface area contributed by atoms with Gasteiger partial charge in [-0.1, -0.05) is 17.5 Å². The zero-order valence-corrected chi connectivity index (χ0v) is 9.26. The fourth-order valence-corrected chi connectivity index (χ4v) is 1.08. The molecular weight excluding hydrogens is 214 g/mol. The molecule has 0 bridgehead atoms. The van der Waals surface area contributed by atoms with Gasteiger partial charge in [0, 0.05) is 12.1 Å². The van der Waals surface area contributed by atoms with Gasteiger partial charge in [0.1, 0.15) is 5.15 Å². The molecule has 0 amide bonds. The third kappa shape index (κ3) is 3.61. The normalized spacial score (nSPS) is 9.00. The molecule has 0 saturated heterocycles. The minimum Gasteiger partial charge on any atom is -0.456 e. The molecule has 0 radical (unpaired) electrons. The maximum absolute atomic E-state index is 11.0. The number of nitrogens with zero attached hydrogens (tertiary/aromatic N) is 1. The Morgan fingerprint density at radius 2 is 2.40 bits per heavy atom. The Bertz CT molecular complexity index is 432. The van der Waals surface area contributed by atoms with Crippen LogP contribution < -0.4 is 0 Å². The van der Waals surface area contributed by atoms with Gasteiger partial charge in [0.2, 0.25) is 0 Å². The first kappa shape index (κ1) is 11.5. The van der Waals surface area contributed by atoms with Crippen LogP contribution in [0.25, 0.3) is 0 Å². The van der Waals surface area contributed by atoms with Crippen molar-refractivity contribution in [1.29, 1.82) is 0 Å². The van der Waals surface area contributed by atoms with E-state index in [0.29, 0.717) is 12.2 Å². The van der Waals surface area contributed by atoms with Crippen LogP contribution in [0, 0.1) is 18.8 Å². The Hall–Kier alpha value is -1.53. The highest BCUT2D eigenvalue weighted by atomic mass is 35.5. The lowest BCUT2D eigenvalue weighted by molar-refractivity contribution is -0.136. The number of halogens is 1. The molecule has 78 valence electrons. The van der Waals surface area contributed by atoms with Crippen molar-refractivity contribution in [2.75, 3.05) is 6.61 Å². The second-order valence-corrected chi connectivity index (χ2v) is 3.18. The summed E-state index contributed by atoms with van der Waals surface area (Å²) in [5.41, 5.74) is 1.47. The van der Waals surface area contributed by atoms with Gasteiger partial charge in [-0.2, -0.15) is 0 Å². The van der Waals surface area contributed by atoms with Crippen molar-refractivity contribution in [3.8, 4) is 11.8 Å². The first-order valence-corrected chi connectivity index (χ1v) is 4.82. The lowest BCUT2D eigenvalue weighted by Gasteiger charge is -1.96. The highest BCUT2D eigenvalue weighted by Gasteiger charge is 1.99. The second-order valence-electron chi connectivity index (χ2n) is 2.82. The summed E-state index contributed by atoms with van der Waals surface area (Å²) in [6.07, 6.45) is 1.64. The van der Waals surface area contributed by atoms with E-state index in [4.69, 9.17) is 11.6 Å². The predicted octanol–water partition coefficient (Wildman–Crippen LogP) is 1.96. The van der Waals surface area contributed by atoms with E-state index in [1.807, 2.05) is 6.92 Å². The Kier molecular flexibility index (Phi) is 4.14. The minimum absolute atomic E-state index is 0.289. The molecular formula is C11H10ClNO2. The second kappa shape index (κ2) is 5.38. The van der Waals surface area contributed by atoms with E-state index >= 15 is 0 Å². The topological polar surface area (TPSA) is 39.2 Å². The summed E-state index contributed by atoms with van der Waals surface area (Å²) in [5, 5.41) is 0.289. The van der Waals surface area contributed by atoms with Crippen LogP contribution in [0.5, 0.6) is 0 Å². The maximum Gasteiger partial charge on any atom is 0.384 e. The van der Waals surface area contributed by atoms with Crippen LogP contribution in [0.2, 0.25) is 5.15 Å². The van der Waals surface area contributed by atoms with Crippen LogP contribution in [-0.4, -0.2) is 17.6 Å². The molecule has 0 aliphatic carbocycles. The van der Waals surface area contributed by atoms with Gasteiger partial charge >= 0.3 is 5.97 Å². The fraction of sp³-hybridized carbons (Fsp3) is 0.273. The van der Waals surface area contributed by atoms with Crippen LogP contribution in [0.1, 0.15) is 18.1 Å². The largest absolute Gasteiger partial charge is 0.456 e. The van der Waals surface area contributed by atoms with E-state index in [1.165, 1.54) is 0 Å². The lowest BCUT2D eigenvalue weighted by Crippen LogP contribution is -1.99. The Balaban J connectivity index is 2.88. The summed E-state index contributed by atoms with van der Waals surface area (Å²) >= 11 is 5.79. The van der Waals surface area contributed by atoms with E-state index < -0.39 is 5.97 Å². The molecule has 4 heteroatoms. The van der Waals surface area contributed by atoms with Crippen LogP contribution in [0.15, 0.2) is 12.3 Å². The molecule has 1 rings (SSSR count). The van der Waals surface area contributed by atoms with Crippen molar-refractivity contribution in [3.63, 3.8) is 0 Å². The molecule has 0 N–H and O–H groups in total. The van der Waals surface area contributed by atoms with Crippen molar-refractivity contribution < 1.29 is 9.53 Å². The van der Waals surface area contributed by atoms with E-state index in [2.05, 4.69) is 21.6 Å². The smallest absolute Gasteiger partial charge is 0.384 e. The quantitative estimate of drug-likeness (QED) is 0.415. The Morgan fingerprint density at radius 1 is 1.67 bits per heavy atom. The number of pyridine rings is 1. The van der Waals surface area contributed by atoms with Crippen molar-refractivity contribution in [2.45, 2.75) is 13.8 Å². The molecule has 0 aliphatic rings. The van der Waals surface area contributed by atoms with Crippen molar-refractivity contribution in [1.82, 2.24) is 4.98 Å². The summed E-state index contributed by atoms with van der Waals surface area (Å²) in [6.45, 7) is 3.91. The number of carbonyl (C=O) groups excluding carboxylic acids is 1. The zero-order valence-electron chi connectivity index (χ0n) is 8.50. The summed E-state index contributed by atoms with van der Waals surface area (Å²) in [7, 11) is 0. The highest BCUT2D eigenvalue weighted by Crippen LogP contribution is 2.12. The molecule has 0 spiro atoms. The molecule has 15 heavy (non-hydrogen) atoms. The Labute approximate surface area is 93.4 Å². The van der Waals surface area contributed by atoms with Gasteiger partial charge in [-0.25, -0.2) is 9.78 Å². The number of hydrogen-bond donors (Lipinski definition) is 0. The van der Waals surface area contributed by atoms with Gasteiger partial charge in [-0.05, 0) is 25.5 Å². The molecule has 0 saturated carbocycles. The van der Waals surface area contributed by atoms with Crippen LogP contribution in [0.4, 0.5) is 0 Å². The molecule has 0 aromatic carbocycles. The molecule has 0 fully saturated rings. The van der Waals surface area contributed by atoms with E-state index in [9.17, 15) is 4.79 Å². The number of aromatic nitrogens is 1.